The second-order valence-corrected chi connectivity index (χ2v) is 1.82. The summed E-state index contributed by atoms with van der Waals surface area (Å²) < 4.78 is 0. The summed E-state index contributed by atoms with van der Waals surface area (Å²) in [6.07, 6.45) is 3.22. The quantitative estimate of drug-likeness (QED) is 0.460. The third-order valence-corrected chi connectivity index (χ3v) is 1.14. The fourth-order valence-electron chi connectivity index (χ4n) is 0.707. The van der Waals surface area contributed by atoms with Gasteiger partial charge in [0.1, 0.15) is 12.1 Å². The molecule has 1 aliphatic rings. The summed E-state index contributed by atoms with van der Waals surface area (Å²) in [6, 6.07) is 0. The Kier molecular flexibility index (Phi) is 1.24. The minimum absolute atomic E-state index is 0.145. The number of hydrogen-bond donors (Lipinski definition) is 0. The number of Topliss-reactive ketones (excluding diaryl/α,β-unsaturated/α-hetero) is 1. The first-order valence-electron chi connectivity index (χ1n) is 2.49. The lowest BCUT2D eigenvalue weighted by Crippen LogP contribution is -1.88. The van der Waals surface area contributed by atoms with Gasteiger partial charge in [0.25, 0.3) is 0 Å². The van der Waals surface area contributed by atoms with Crippen molar-refractivity contribution in [2.45, 2.75) is 12.8 Å². The Morgan fingerprint density at radius 3 is 2.62 bits per heavy atom. The Labute approximate surface area is 47.2 Å². The maximum absolute atomic E-state index is 10.4. The molecule has 0 aromatic heterocycles. The van der Waals surface area contributed by atoms with Crippen molar-refractivity contribution in [3.63, 3.8) is 0 Å². The van der Waals surface area contributed by atoms with E-state index in [1.807, 2.05) is 0 Å². The first-order valence-corrected chi connectivity index (χ1v) is 2.49. The third kappa shape index (κ3) is 0.832. The van der Waals surface area contributed by atoms with Crippen LogP contribution in [0.2, 0.25) is 0 Å². The SMILES string of the molecule is O=CC1=CCC(=O)C1. The molecule has 2 nitrogen and oxygen atoms in total. The predicted molar refractivity (Wildman–Crippen MR) is 28.4 cm³/mol. The number of allylic oxidation sites excluding steroid dienone is 2. The molecule has 0 amide bonds. The normalized spacial score (nSPS) is 18.5. The highest BCUT2D eigenvalue weighted by molar-refractivity contribution is 5.93. The summed E-state index contributed by atoms with van der Waals surface area (Å²) in [4.78, 5) is 20.3. The van der Waals surface area contributed by atoms with Crippen LogP contribution in [0.15, 0.2) is 11.6 Å². The molecule has 0 aromatic carbocycles. The van der Waals surface area contributed by atoms with Gasteiger partial charge in [-0.3, -0.25) is 9.59 Å². The Hall–Kier alpha value is -0.920. The molecule has 8 heavy (non-hydrogen) atoms. The van der Waals surface area contributed by atoms with Crippen LogP contribution in [0.25, 0.3) is 0 Å². The van der Waals surface area contributed by atoms with Crippen LogP contribution in [0.1, 0.15) is 12.8 Å². The van der Waals surface area contributed by atoms with E-state index in [4.69, 9.17) is 0 Å². The van der Waals surface area contributed by atoms with E-state index < -0.39 is 0 Å². The van der Waals surface area contributed by atoms with E-state index >= 15 is 0 Å². The number of aldehydes is 1. The minimum Gasteiger partial charge on any atom is -0.299 e. The third-order valence-electron chi connectivity index (χ3n) is 1.14. The molecule has 0 saturated carbocycles. The van der Waals surface area contributed by atoms with Gasteiger partial charge in [-0.05, 0) is 5.57 Å². The van der Waals surface area contributed by atoms with Crippen molar-refractivity contribution in [2.75, 3.05) is 0 Å². The molecule has 0 spiro atoms. The van der Waals surface area contributed by atoms with Crippen molar-refractivity contribution in [1.82, 2.24) is 0 Å². The van der Waals surface area contributed by atoms with Crippen LogP contribution in [-0.2, 0) is 9.59 Å². The number of carbonyl (C=O) groups excluding carboxylic acids is 2. The fraction of sp³-hybridized carbons (Fsp3) is 0.333. The Balaban J connectivity index is 2.61. The zero-order valence-corrected chi connectivity index (χ0v) is 4.39. The second kappa shape index (κ2) is 1.90. The summed E-state index contributed by atoms with van der Waals surface area (Å²) in [5.41, 5.74) is 0.634. The molecule has 0 fully saturated rings. The lowest BCUT2D eigenvalue weighted by atomic mass is 10.2. The topological polar surface area (TPSA) is 34.1 Å². The number of ketones is 1. The van der Waals surface area contributed by atoms with E-state index in [0.717, 1.165) is 6.29 Å². The fourth-order valence-corrected chi connectivity index (χ4v) is 0.707. The maximum atomic E-state index is 10.4. The van der Waals surface area contributed by atoms with Crippen LogP contribution < -0.4 is 0 Å². The van der Waals surface area contributed by atoms with Crippen molar-refractivity contribution in [1.29, 1.82) is 0 Å². The van der Waals surface area contributed by atoms with E-state index in [-0.39, 0.29) is 5.78 Å². The van der Waals surface area contributed by atoms with Crippen molar-refractivity contribution < 1.29 is 9.59 Å². The van der Waals surface area contributed by atoms with Crippen LogP contribution >= 0.6 is 0 Å². The van der Waals surface area contributed by atoms with Gasteiger partial charge in [0.2, 0.25) is 0 Å². The number of carbonyl (C=O) groups is 2. The Bertz CT molecular complexity index is 156. The highest BCUT2D eigenvalue weighted by Crippen LogP contribution is 2.10. The molecule has 0 saturated heterocycles. The molecular weight excluding hydrogens is 104 g/mol. The lowest BCUT2D eigenvalue weighted by Gasteiger charge is -1.79. The van der Waals surface area contributed by atoms with Crippen LogP contribution in [0, 0.1) is 0 Å². The van der Waals surface area contributed by atoms with E-state index in [1.165, 1.54) is 0 Å². The smallest absolute Gasteiger partial charge is 0.146 e. The van der Waals surface area contributed by atoms with Gasteiger partial charge in [0.05, 0.1) is 0 Å². The van der Waals surface area contributed by atoms with Gasteiger partial charge in [0.15, 0.2) is 0 Å². The number of hydrogen-bond acceptors (Lipinski definition) is 2. The Morgan fingerprint density at radius 2 is 2.38 bits per heavy atom. The van der Waals surface area contributed by atoms with Gasteiger partial charge in [0, 0.05) is 12.8 Å². The average Bonchev–Trinajstić information content (AvgIpc) is 2.14. The van der Waals surface area contributed by atoms with Crippen LogP contribution in [0.5, 0.6) is 0 Å². The van der Waals surface area contributed by atoms with Crippen LogP contribution in [0.3, 0.4) is 0 Å². The first-order chi connectivity index (χ1) is 3.83. The molecule has 0 heterocycles. The molecule has 0 aliphatic heterocycles. The van der Waals surface area contributed by atoms with Crippen molar-refractivity contribution in [2.24, 2.45) is 0 Å². The maximum Gasteiger partial charge on any atom is 0.146 e. The van der Waals surface area contributed by atoms with Crippen LogP contribution in [-0.4, -0.2) is 12.1 Å². The van der Waals surface area contributed by atoms with Gasteiger partial charge in [-0.25, -0.2) is 0 Å². The monoisotopic (exact) mass is 110 g/mol. The molecular formula is C6H6O2. The molecule has 0 aromatic rings. The lowest BCUT2D eigenvalue weighted by molar-refractivity contribution is -0.117. The summed E-state index contributed by atoms with van der Waals surface area (Å²) in [6.45, 7) is 0. The second-order valence-electron chi connectivity index (χ2n) is 1.82. The zero-order chi connectivity index (χ0) is 5.98. The standard InChI is InChI=1S/C6H6O2/c7-4-5-1-2-6(8)3-5/h1,4H,2-3H2. The molecule has 1 rings (SSSR count). The van der Waals surface area contributed by atoms with Gasteiger partial charge in [-0.1, -0.05) is 6.08 Å². The zero-order valence-electron chi connectivity index (χ0n) is 4.39. The summed E-state index contributed by atoms with van der Waals surface area (Å²) in [5.74, 6) is 0.145. The predicted octanol–water partition coefficient (Wildman–Crippen LogP) is 0.475. The summed E-state index contributed by atoms with van der Waals surface area (Å²) in [7, 11) is 0. The van der Waals surface area contributed by atoms with Crippen molar-refractivity contribution in [3.8, 4) is 0 Å². The van der Waals surface area contributed by atoms with E-state index in [1.54, 1.807) is 6.08 Å². The van der Waals surface area contributed by atoms with Crippen LogP contribution in [0.4, 0.5) is 0 Å². The molecule has 0 atom stereocenters. The molecule has 0 bridgehead atoms. The molecule has 0 radical (unpaired) electrons. The number of rotatable bonds is 1. The summed E-state index contributed by atoms with van der Waals surface area (Å²) in [5, 5.41) is 0. The minimum atomic E-state index is 0.145. The van der Waals surface area contributed by atoms with Gasteiger partial charge in [-0.15, -0.1) is 0 Å². The molecule has 0 N–H and O–H groups in total. The molecule has 1 aliphatic carbocycles. The van der Waals surface area contributed by atoms with Crippen molar-refractivity contribution >= 4 is 12.1 Å². The van der Waals surface area contributed by atoms with Gasteiger partial charge >= 0.3 is 0 Å². The van der Waals surface area contributed by atoms with Gasteiger partial charge < -0.3 is 0 Å². The first kappa shape index (κ1) is 5.22. The highest BCUT2D eigenvalue weighted by Gasteiger charge is 2.10. The Morgan fingerprint density at radius 1 is 1.62 bits per heavy atom. The van der Waals surface area contributed by atoms with E-state index in [2.05, 4.69) is 0 Å². The summed E-state index contributed by atoms with van der Waals surface area (Å²) >= 11 is 0. The highest BCUT2D eigenvalue weighted by atomic mass is 16.1. The average molecular weight is 110 g/mol. The molecule has 0 unspecified atom stereocenters. The van der Waals surface area contributed by atoms with Gasteiger partial charge in [-0.2, -0.15) is 0 Å². The largest absolute Gasteiger partial charge is 0.299 e. The van der Waals surface area contributed by atoms with E-state index in [0.29, 0.717) is 18.4 Å². The van der Waals surface area contributed by atoms with Crippen molar-refractivity contribution in [3.05, 3.63) is 11.6 Å². The van der Waals surface area contributed by atoms with E-state index in [9.17, 15) is 9.59 Å². The molecule has 42 valence electrons. The molecule has 2 heteroatoms.